The summed E-state index contributed by atoms with van der Waals surface area (Å²) in [6.07, 6.45) is -3.76. The third kappa shape index (κ3) is 6.70. The lowest BCUT2D eigenvalue weighted by Crippen LogP contribution is -2.59. The topological polar surface area (TPSA) is 179 Å². The Morgan fingerprint density at radius 2 is 1.68 bits per heavy atom. The maximum absolute atomic E-state index is 11.0. The van der Waals surface area contributed by atoms with Gasteiger partial charge in [0.25, 0.3) is 0 Å². The number of methoxy groups -OCH3 is 2. The number of benzene rings is 2. The highest BCUT2D eigenvalue weighted by atomic mass is 16.7. The second-order valence-electron chi connectivity index (χ2n) is 8.68. The minimum atomic E-state index is -1.60. The second kappa shape index (κ2) is 13.1. The van der Waals surface area contributed by atoms with E-state index in [1.54, 1.807) is 30.3 Å². The van der Waals surface area contributed by atoms with Crippen molar-refractivity contribution in [1.29, 1.82) is 0 Å². The van der Waals surface area contributed by atoms with E-state index in [4.69, 9.17) is 18.9 Å². The van der Waals surface area contributed by atoms with Crippen LogP contribution in [-0.2, 0) is 15.9 Å². The molecule has 0 saturated carbocycles. The fourth-order valence-corrected chi connectivity index (χ4v) is 4.21. The van der Waals surface area contributed by atoms with Gasteiger partial charge in [-0.05, 0) is 41.8 Å². The van der Waals surface area contributed by atoms with E-state index >= 15 is 0 Å². The molecule has 0 unspecified atom stereocenters. The SMILES string of the molecule is COc1cc(C[C@@H](CO[C@@H]2O[C@@H](CO)[C@@H](O)[C@@H](O)[C@H]2O)c2cc(C=CCO)cc(OC)c2O)ccc1O. The zero-order valence-corrected chi connectivity index (χ0v) is 20.6. The Hall–Kier alpha value is -2.90. The maximum atomic E-state index is 11.0. The van der Waals surface area contributed by atoms with Crippen LogP contribution in [0, 0.1) is 0 Å². The molecule has 1 fully saturated rings. The van der Waals surface area contributed by atoms with Crippen LogP contribution >= 0.6 is 0 Å². The predicted octanol–water partition coefficient (Wildman–Crippen LogP) is 0.263. The molecule has 6 atom stereocenters. The molecule has 11 heteroatoms. The number of hydrogen-bond donors (Lipinski definition) is 7. The van der Waals surface area contributed by atoms with Gasteiger partial charge in [0.2, 0.25) is 0 Å². The summed E-state index contributed by atoms with van der Waals surface area (Å²) < 4.78 is 21.8. The molecule has 11 nitrogen and oxygen atoms in total. The third-order valence-electron chi connectivity index (χ3n) is 6.24. The van der Waals surface area contributed by atoms with Crippen LogP contribution in [0.4, 0.5) is 0 Å². The van der Waals surface area contributed by atoms with Crippen LogP contribution in [0.3, 0.4) is 0 Å². The number of aliphatic hydroxyl groups excluding tert-OH is 5. The van der Waals surface area contributed by atoms with Crippen LogP contribution in [0.2, 0.25) is 0 Å². The maximum Gasteiger partial charge on any atom is 0.186 e. The normalized spacial score (nSPS) is 24.8. The van der Waals surface area contributed by atoms with Crippen LogP contribution in [0.1, 0.15) is 22.6 Å². The van der Waals surface area contributed by atoms with Crippen LogP contribution in [0.5, 0.6) is 23.0 Å². The van der Waals surface area contributed by atoms with Gasteiger partial charge in [-0.3, -0.25) is 0 Å². The van der Waals surface area contributed by atoms with E-state index in [0.29, 0.717) is 11.1 Å². The highest BCUT2D eigenvalue weighted by Gasteiger charge is 2.44. The quantitative estimate of drug-likeness (QED) is 0.215. The van der Waals surface area contributed by atoms with Crippen molar-refractivity contribution in [2.75, 3.05) is 34.0 Å². The molecule has 2 aromatic carbocycles. The summed E-state index contributed by atoms with van der Waals surface area (Å²) in [6.45, 7) is -0.913. The highest BCUT2D eigenvalue weighted by Crippen LogP contribution is 2.39. The molecular weight excluding hydrogens is 488 g/mol. The summed E-state index contributed by atoms with van der Waals surface area (Å²) in [6, 6.07) is 8.10. The minimum absolute atomic E-state index is 0.0407. The summed E-state index contributed by atoms with van der Waals surface area (Å²) in [4.78, 5) is 0. The first-order chi connectivity index (χ1) is 17.7. The third-order valence-corrected chi connectivity index (χ3v) is 6.24. The smallest absolute Gasteiger partial charge is 0.186 e. The highest BCUT2D eigenvalue weighted by molar-refractivity contribution is 5.60. The van der Waals surface area contributed by atoms with Crippen molar-refractivity contribution in [2.24, 2.45) is 0 Å². The van der Waals surface area contributed by atoms with E-state index in [1.165, 1.54) is 26.4 Å². The lowest BCUT2D eigenvalue weighted by Gasteiger charge is -2.40. The van der Waals surface area contributed by atoms with Crippen molar-refractivity contribution in [3.05, 3.63) is 53.1 Å². The molecule has 2 aromatic rings. The van der Waals surface area contributed by atoms with Crippen molar-refractivity contribution in [3.63, 3.8) is 0 Å². The first kappa shape index (κ1) is 28.7. The number of phenolic OH excluding ortho intramolecular Hbond substituents is 2. The standard InChI is InChI=1S/C26H34O11/c1-34-19-10-15(5-6-18(19)29)8-16(13-36-26-25(33)24(32)23(31)21(12-28)37-26)17-9-14(4-3-7-27)11-20(35-2)22(17)30/h3-6,9-11,16,21,23-33H,7-8,12-13H2,1-2H3/t16-,21-,23+,24+,25+,26+/m0/s1. The predicted molar refractivity (Wildman–Crippen MR) is 132 cm³/mol. The monoisotopic (exact) mass is 522 g/mol. The Labute approximate surface area is 214 Å². The average Bonchev–Trinajstić information content (AvgIpc) is 2.90. The number of rotatable bonds is 11. The second-order valence-corrected chi connectivity index (χ2v) is 8.68. The molecule has 1 heterocycles. The molecule has 0 amide bonds. The Balaban J connectivity index is 1.97. The van der Waals surface area contributed by atoms with E-state index in [-0.39, 0.29) is 42.6 Å². The zero-order chi connectivity index (χ0) is 27.1. The largest absolute Gasteiger partial charge is 0.504 e. The zero-order valence-electron chi connectivity index (χ0n) is 20.6. The first-order valence-electron chi connectivity index (χ1n) is 11.7. The summed E-state index contributed by atoms with van der Waals surface area (Å²) in [5.74, 6) is -0.306. The van der Waals surface area contributed by atoms with Gasteiger partial charge in [0.1, 0.15) is 24.4 Å². The van der Waals surface area contributed by atoms with E-state index in [2.05, 4.69) is 0 Å². The van der Waals surface area contributed by atoms with Crippen LogP contribution < -0.4 is 9.47 Å². The number of aliphatic hydroxyl groups is 5. The summed E-state index contributed by atoms with van der Waals surface area (Å²) >= 11 is 0. The van der Waals surface area contributed by atoms with Crippen LogP contribution in [-0.4, -0.2) is 100 Å². The summed E-state index contributed by atoms with van der Waals surface area (Å²) in [5, 5.41) is 70.1. The molecule has 1 saturated heterocycles. The van der Waals surface area contributed by atoms with Gasteiger partial charge >= 0.3 is 0 Å². The summed E-state index contributed by atoms with van der Waals surface area (Å²) in [7, 11) is 2.83. The molecule has 3 rings (SSSR count). The molecule has 0 radical (unpaired) electrons. The molecule has 0 aromatic heterocycles. The van der Waals surface area contributed by atoms with Gasteiger partial charge in [-0.15, -0.1) is 0 Å². The van der Waals surface area contributed by atoms with Crippen LogP contribution in [0.15, 0.2) is 36.4 Å². The van der Waals surface area contributed by atoms with Gasteiger partial charge in [0, 0.05) is 11.5 Å². The van der Waals surface area contributed by atoms with Crippen molar-refractivity contribution >= 4 is 6.08 Å². The number of aromatic hydroxyl groups is 2. The van der Waals surface area contributed by atoms with Gasteiger partial charge < -0.3 is 54.7 Å². The number of ether oxygens (including phenoxy) is 4. The number of hydrogen-bond acceptors (Lipinski definition) is 11. The van der Waals surface area contributed by atoms with Crippen molar-refractivity contribution < 1.29 is 54.7 Å². The van der Waals surface area contributed by atoms with Gasteiger partial charge in [0.05, 0.1) is 34.0 Å². The van der Waals surface area contributed by atoms with Crippen LogP contribution in [0.25, 0.3) is 6.08 Å². The molecule has 7 N–H and O–H groups in total. The Morgan fingerprint density at radius 1 is 0.946 bits per heavy atom. The van der Waals surface area contributed by atoms with Gasteiger partial charge in [-0.25, -0.2) is 0 Å². The molecule has 1 aliphatic rings. The average molecular weight is 523 g/mol. The molecular formula is C26H34O11. The molecule has 0 bridgehead atoms. The number of phenols is 2. The van der Waals surface area contributed by atoms with Crippen molar-refractivity contribution in [2.45, 2.75) is 43.0 Å². The fraction of sp³-hybridized carbons (Fsp3) is 0.462. The Morgan fingerprint density at radius 3 is 2.32 bits per heavy atom. The molecule has 37 heavy (non-hydrogen) atoms. The molecule has 1 aliphatic heterocycles. The lowest BCUT2D eigenvalue weighted by atomic mass is 9.90. The van der Waals surface area contributed by atoms with Gasteiger partial charge in [-0.1, -0.05) is 18.2 Å². The molecule has 0 aliphatic carbocycles. The minimum Gasteiger partial charge on any atom is -0.504 e. The first-order valence-corrected chi connectivity index (χ1v) is 11.7. The van der Waals surface area contributed by atoms with Crippen molar-refractivity contribution in [1.82, 2.24) is 0 Å². The van der Waals surface area contributed by atoms with E-state index < -0.39 is 43.2 Å². The Bertz CT molecular complexity index is 1060. The Kier molecular flexibility index (Phi) is 10.1. The molecule has 204 valence electrons. The van der Waals surface area contributed by atoms with Gasteiger partial charge in [-0.2, -0.15) is 0 Å². The van der Waals surface area contributed by atoms with E-state index in [0.717, 1.165) is 5.56 Å². The van der Waals surface area contributed by atoms with E-state index in [9.17, 15) is 35.7 Å². The lowest BCUT2D eigenvalue weighted by molar-refractivity contribution is -0.301. The van der Waals surface area contributed by atoms with E-state index in [1.807, 2.05) is 0 Å². The summed E-state index contributed by atoms with van der Waals surface area (Å²) in [5.41, 5.74) is 1.79. The molecule has 0 spiro atoms. The van der Waals surface area contributed by atoms with Gasteiger partial charge in [0.15, 0.2) is 29.3 Å². The van der Waals surface area contributed by atoms with Crippen molar-refractivity contribution in [3.8, 4) is 23.0 Å². The fourth-order valence-electron chi connectivity index (χ4n) is 4.21.